The Bertz CT molecular complexity index is 1060. The topological polar surface area (TPSA) is 85.4 Å². The van der Waals surface area contributed by atoms with Gasteiger partial charge in [-0.3, -0.25) is 14.4 Å². The number of carbonyl (C=O) groups excluding carboxylic acids is 3. The zero-order valence-electron chi connectivity index (χ0n) is 19.9. The third-order valence-corrected chi connectivity index (χ3v) is 5.93. The molecular formula is C25H30N2O6. The van der Waals surface area contributed by atoms with Gasteiger partial charge in [-0.15, -0.1) is 0 Å². The lowest BCUT2D eigenvalue weighted by molar-refractivity contribution is -0.140. The number of hydrogen-bond donors (Lipinski definition) is 0. The second-order valence-electron chi connectivity index (χ2n) is 8.22. The molecule has 176 valence electrons. The maximum Gasteiger partial charge on any atom is 0.291 e. The first-order valence-corrected chi connectivity index (χ1v) is 10.6. The second-order valence-corrected chi connectivity index (χ2v) is 8.22. The zero-order valence-corrected chi connectivity index (χ0v) is 19.9. The van der Waals surface area contributed by atoms with E-state index in [0.717, 1.165) is 0 Å². The number of likely N-dealkylation sites (tertiary alicyclic amines) is 1. The molecule has 3 rings (SSSR count). The summed E-state index contributed by atoms with van der Waals surface area (Å²) < 4.78 is 16.3. The molecular weight excluding hydrogens is 424 g/mol. The number of benzene rings is 2. The predicted molar refractivity (Wildman–Crippen MR) is 123 cm³/mol. The summed E-state index contributed by atoms with van der Waals surface area (Å²) in [5.41, 5.74) is 1.60. The van der Waals surface area contributed by atoms with Gasteiger partial charge in [-0.05, 0) is 50.8 Å². The Hall–Kier alpha value is -3.39. The number of methoxy groups -OCH3 is 3. The molecule has 0 N–H and O–H groups in total. The van der Waals surface area contributed by atoms with Crippen LogP contribution in [0.2, 0.25) is 0 Å². The Morgan fingerprint density at radius 2 is 1.76 bits per heavy atom. The van der Waals surface area contributed by atoms with Crippen LogP contribution in [-0.2, 0) is 9.59 Å². The molecule has 0 radical (unpaired) electrons. The molecule has 0 spiro atoms. The van der Waals surface area contributed by atoms with Crippen molar-refractivity contribution < 1.29 is 28.6 Å². The summed E-state index contributed by atoms with van der Waals surface area (Å²) in [5.74, 6) is -1.53. The largest absolute Gasteiger partial charge is 0.497 e. The molecule has 1 fully saturated rings. The Kier molecular flexibility index (Phi) is 7.38. The van der Waals surface area contributed by atoms with Gasteiger partial charge in [0.25, 0.3) is 5.91 Å². The summed E-state index contributed by atoms with van der Waals surface area (Å²) in [5, 5.41) is 0. The van der Waals surface area contributed by atoms with Crippen molar-refractivity contribution in [2.75, 3.05) is 48.5 Å². The molecule has 1 heterocycles. The fraction of sp³-hybridized carbons (Fsp3) is 0.400. The molecule has 1 saturated heterocycles. The lowest BCUT2D eigenvalue weighted by Crippen LogP contribution is -2.36. The van der Waals surface area contributed by atoms with E-state index in [2.05, 4.69) is 0 Å². The molecule has 0 saturated carbocycles. The normalized spacial score (nSPS) is 18.1. The quantitative estimate of drug-likeness (QED) is 0.327. The van der Waals surface area contributed by atoms with E-state index in [1.165, 1.54) is 19.1 Å². The highest BCUT2D eigenvalue weighted by Gasteiger charge is 2.52. The average Bonchev–Trinajstić information content (AvgIpc) is 3.06. The van der Waals surface area contributed by atoms with Gasteiger partial charge in [0.2, 0.25) is 5.78 Å². The first-order chi connectivity index (χ1) is 15.7. The van der Waals surface area contributed by atoms with Crippen LogP contribution in [0, 0.1) is 12.8 Å². The maximum absolute atomic E-state index is 13.7. The molecule has 2 aromatic rings. The van der Waals surface area contributed by atoms with E-state index in [9.17, 15) is 14.4 Å². The molecule has 8 nitrogen and oxygen atoms in total. The number of para-hydroxylation sites is 1. The van der Waals surface area contributed by atoms with Crippen molar-refractivity contribution in [1.29, 1.82) is 0 Å². The van der Waals surface area contributed by atoms with Crippen LogP contribution >= 0.6 is 0 Å². The fourth-order valence-electron chi connectivity index (χ4n) is 4.23. The van der Waals surface area contributed by atoms with Crippen molar-refractivity contribution in [2.45, 2.75) is 13.0 Å². The van der Waals surface area contributed by atoms with Gasteiger partial charge in [0.1, 0.15) is 11.7 Å². The summed E-state index contributed by atoms with van der Waals surface area (Å²) in [7, 11) is 8.32. The zero-order chi connectivity index (χ0) is 24.3. The molecule has 8 heteroatoms. The van der Waals surface area contributed by atoms with Crippen LogP contribution in [0.25, 0.3) is 0 Å². The van der Waals surface area contributed by atoms with Crippen LogP contribution in [0.5, 0.6) is 17.2 Å². The molecule has 2 aromatic carbocycles. The number of rotatable bonds is 9. The van der Waals surface area contributed by atoms with E-state index >= 15 is 0 Å². The van der Waals surface area contributed by atoms with Gasteiger partial charge in [0.15, 0.2) is 17.3 Å². The Labute approximate surface area is 194 Å². The number of aryl methyl sites for hydroxylation is 1. The van der Waals surface area contributed by atoms with Gasteiger partial charge >= 0.3 is 0 Å². The number of ether oxygens (including phenoxy) is 3. The van der Waals surface area contributed by atoms with Crippen molar-refractivity contribution in [3.8, 4) is 17.2 Å². The van der Waals surface area contributed by atoms with Crippen LogP contribution in [0.3, 0.4) is 0 Å². The van der Waals surface area contributed by atoms with Gasteiger partial charge in [-0.25, -0.2) is 0 Å². The van der Waals surface area contributed by atoms with E-state index in [4.69, 9.17) is 14.2 Å². The highest BCUT2D eigenvalue weighted by molar-refractivity contribution is 6.44. The third kappa shape index (κ3) is 4.57. The van der Waals surface area contributed by atoms with Gasteiger partial charge in [-0.2, -0.15) is 0 Å². The Balaban J connectivity index is 2.16. The minimum absolute atomic E-state index is 0.286. The first kappa shape index (κ1) is 24.3. The van der Waals surface area contributed by atoms with Crippen molar-refractivity contribution in [3.05, 3.63) is 53.1 Å². The van der Waals surface area contributed by atoms with E-state index < -0.39 is 29.4 Å². The van der Waals surface area contributed by atoms with Gasteiger partial charge < -0.3 is 24.0 Å². The van der Waals surface area contributed by atoms with Gasteiger partial charge in [0.05, 0.1) is 27.4 Å². The number of nitrogens with zero attached hydrogens (tertiary/aromatic N) is 2. The van der Waals surface area contributed by atoms with Crippen LogP contribution in [-0.4, -0.2) is 75.8 Å². The minimum Gasteiger partial charge on any atom is -0.497 e. The SMILES string of the molecule is COc1ccc(C(=O)C2C(=O)C(=O)N(CCN(C)C)C2c2cccc(OC)c2OC)c(C)c1. The summed E-state index contributed by atoms with van der Waals surface area (Å²) in [6, 6.07) is 9.48. The molecule has 0 bridgehead atoms. The Morgan fingerprint density at radius 1 is 1.03 bits per heavy atom. The molecule has 0 aromatic heterocycles. The van der Waals surface area contributed by atoms with Crippen molar-refractivity contribution >= 4 is 17.5 Å². The second kappa shape index (κ2) is 10.0. The summed E-state index contributed by atoms with van der Waals surface area (Å²) in [6.07, 6.45) is 0. The molecule has 1 amide bonds. The summed E-state index contributed by atoms with van der Waals surface area (Å²) in [6.45, 7) is 2.60. The van der Waals surface area contributed by atoms with Crippen LogP contribution in [0.1, 0.15) is 27.5 Å². The highest BCUT2D eigenvalue weighted by atomic mass is 16.5. The van der Waals surface area contributed by atoms with Crippen LogP contribution in [0.4, 0.5) is 0 Å². The Morgan fingerprint density at radius 3 is 2.33 bits per heavy atom. The summed E-state index contributed by atoms with van der Waals surface area (Å²) in [4.78, 5) is 43.4. The number of ketones is 2. The number of hydrogen-bond acceptors (Lipinski definition) is 7. The standard InChI is InChI=1S/C25H30N2O6/c1-15-14-16(31-4)10-11-17(15)22(28)20-21(18-8-7-9-19(32-5)24(18)33-6)27(13-12-26(2)3)25(30)23(20)29/h7-11,14,20-21H,12-13H2,1-6H3. The monoisotopic (exact) mass is 454 g/mol. The third-order valence-electron chi connectivity index (χ3n) is 5.93. The van der Waals surface area contributed by atoms with Gasteiger partial charge in [0, 0.05) is 24.2 Å². The minimum atomic E-state index is -1.20. The fourth-order valence-corrected chi connectivity index (χ4v) is 4.23. The number of likely N-dealkylation sites (N-methyl/N-ethyl adjacent to an activating group) is 1. The molecule has 2 unspecified atom stereocenters. The lowest BCUT2D eigenvalue weighted by Gasteiger charge is -2.29. The van der Waals surface area contributed by atoms with E-state index in [1.54, 1.807) is 50.4 Å². The van der Waals surface area contributed by atoms with Crippen molar-refractivity contribution in [2.24, 2.45) is 5.92 Å². The maximum atomic E-state index is 13.7. The van der Waals surface area contributed by atoms with E-state index in [0.29, 0.717) is 40.5 Å². The van der Waals surface area contributed by atoms with Crippen molar-refractivity contribution in [1.82, 2.24) is 9.80 Å². The van der Waals surface area contributed by atoms with Crippen LogP contribution < -0.4 is 14.2 Å². The molecule has 1 aliphatic heterocycles. The number of Topliss-reactive ketones (excluding diaryl/α,β-unsaturated/α-hetero) is 2. The van der Waals surface area contributed by atoms with Crippen molar-refractivity contribution in [3.63, 3.8) is 0 Å². The molecule has 2 atom stereocenters. The number of carbonyl (C=O) groups is 3. The molecule has 33 heavy (non-hydrogen) atoms. The highest BCUT2D eigenvalue weighted by Crippen LogP contribution is 2.45. The first-order valence-electron chi connectivity index (χ1n) is 10.6. The lowest BCUT2D eigenvalue weighted by atomic mass is 9.84. The summed E-state index contributed by atoms with van der Waals surface area (Å²) >= 11 is 0. The van der Waals surface area contributed by atoms with Gasteiger partial charge in [-0.1, -0.05) is 12.1 Å². The molecule has 1 aliphatic rings. The molecule has 0 aliphatic carbocycles. The average molecular weight is 455 g/mol. The number of amides is 1. The van der Waals surface area contributed by atoms with E-state index in [1.807, 2.05) is 19.0 Å². The smallest absolute Gasteiger partial charge is 0.291 e. The van der Waals surface area contributed by atoms with Crippen LogP contribution in [0.15, 0.2) is 36.4 Å². The predicted octanol–water partition coefficient (Wildman–Crippen LogP) is 2.53. The van der Waals surface area contributed by atoms with E-state index in [-0.39, 0.29) is 6.54 Å².